The molecule has 2 aromatic heterocycles. The fraction of sp³-hybridized carbons (Fsp3) is 0.368. The Morgan fingerprint density at radius 3 is 2.93 bits per heavy atom. The van der Waals surface area contributed by atoms with Crippen LogP contribution in [0, 0.1) is 6.92 Å². The predicted molar refractivity (Wildman–Crippen MR) is 106 cm³/mol. The second kappa shape index (κ2) is 8.88. The number of aromatic nitrogens is 4. The van der Waals surface area contributed by atoms with Crippen LogP contribution in [0.3, 0.4) is 0 Å². The fourth-order valence-corrected chi connectivity index (χ4v) is 3.03. The molecular weight excluding hydrogens is 382 g/mol. The third-order valence-electron chi connectivity index (χ3n) is 4.20. The van der Waals surface area contributed by atoms with Gasteiger partial charge in [-0.25, -0.2) is 9.50 Å². The van der Waals surface area contributed by atoms with Crippen LogP contribution in [0.1, 0.15) is 24.9 Å². The van der Waals surface area contributed by atoms with Crippen LogP contribution in [0.4, 0.5) is 0 Å². The molecule has 148 valence electrons. The number of aryl methyl sites for hydroxylation is 2. The summed E-state index contributed by atoms with van der Waals surface area (Å²) in [7, 11) is 0. The molecule has 0 aliphatic rings. The van der Waals surface area contributed by atoms with Gasteiger partial charge in [0.1, 0.15) is 24.4 Å². The molecule has 0 spiro atoms. The number of ether oxygens (including phenoxy) is 1. The minimum atomic E-state index is -0.279. The average molecular weight is 404 g/mol. The molecule has 0 atom stereocenters. The van der Waals surface area contributed by atoms with Gasteiger partial charge in [-0.3, -0.25) is 14.2 Å². The number of nitrogens with one attached hydrogen (secondary N) is 1. The van der Waals surface area contributed by atoms with Gasteiger partial charge in [0.25, 0.3) is 5.56 Å². The summed E-state index contributed by atoms with van der Waals surface area (Å²) in [6.07, 6.45) is 2.67. The standard InChI is InChI=1S/C19H22ClN5O3/c1-3-16-23-13(2)18-19(27)24(12-22-25(16)18)11-17(26)21-8-5-9-28-15-7-4-6-14(20)10-15/h4,6-7,10,12H,3,5,8-9,11H2,1-2H3,(H,21,26). The minimum absolute atomic E-state index is 0.0937. The summed E-state index contributed by atoms with van der Waals surface area (Å²) in [5.74, 6) is 1.15. The molecule has 3 rings (SSSR count). The molecule has 9 heteroatoms. The van der Waals surface area contributed by atoms with Crippen LogP contribution in [0.5, 0.6) is 5.75 Å². The van der Waals surface area contributed by atoms with E-state index in [2.05, 4.69) is 15.4 Å². The molecule has 0 bridgehead atoms. The Bertz CT molecular complexity index is 1040. The second-order valence-electron chi connectivity index (χ2n) is 6.30. The van der Waals surface area contributed by atoms with Crippen LogP contribution >= 0.6 is 11.6 Å². The number of hydrogen-bond acceptors (Lipinski definition) is 5. The Kier molecular flexibility index (Phi) is 6.30. The number of imidazole rings is 1. The van der Waals surface area contributed by atoms with Crippen molar-refractivity contribution in [2.45, 2.75) is 33.2 Å². The van der Waals surface area contributed by atoms with Gasteiger partial charge < -0.3 is 10.1 Å². The van der Waals surface area contributed by atoms with Crippen LogP contribution in [-0.2, 0) is 17.8 Å². The first-order chi connectivity index (χ1) is 13.5. The van der Waals surface area contributed by atoms with Gasteiger partial charge in [-0.05, 0) is 31.5 Å². The second-order valence-corrected chi connectivity index (χ2v) is 6.74. The van der Waals surface area contributed by atoms with Crippen LogP contribution in [0.25, 0.3) is 5.52 Å². The molecule has 0 saturated carbocycles. The highest BCUT2D eigenvalue weighted by molar-refractivity contribution is 6.30. The van der Waals surface area contributed by atoms with Crippen molar-refractivity contribution in [1.82, 2.24) is 24.5 Å². The van der Waals surface area contributed by atoms with Crippen molar-refractivity contribution in [3.8, 4) is 5.75 Å². The van der Waals surface area contributed by atoms with E-state index in [-0.39, 0.29) is 18.0 Å². The quantitative estimate of drug-likeness (QED) is 0.581. The van der Waals surface area contributed by atoms with Crippen molar-refractivity contribution in [3.63, 3.8) is 0 Å². The van der Waals surface area contributed by atoms with Crippen molar-refractivity contribution in [2.75, 3.05) is 13.2 Å². The highest BCUT2D eigenvalue weighted by Crippen LogP contribution is 2.17. The van der Waals surface area contributed by atoms with Gasteiger partial charge >= 0.3 is 0 Å². The van der Waals surface area contributed by atoms with Crippen molar-refractivity contribution in [1.29, 1.82) is 0 Å². The van der Waals surface area contributed by atoms with Gasteiger partial charge in [0.15, 0.2) is 5.52 Å². The molecule has 1 amide bonds. The van der Waals surface area contributed by atoms with Gasteiger partial charge in [-0.2, -0.15) is 5.10 Å². The molecule has 0 aliphatic heterocycles. The first kappa shape index (κ1) is 19.9. The zero-order chi connectivity index (χ0) is 20.1. The normalized spacial score (nSPS) is 11.0. The monoisotopic (exact) mass is 403 g/mol. The molecular formula is C19H22ClN5O3. The Morgan fingerprint density at radius 1 is 1.36 bits per heavy atom. The Morgan fingerprint density at radius 2 is 2.18 bits per heavy atom. The summed E-state index contributed by atoms with van der Waals surface area (Å²) in [4.78, 5) is 29.1. The minimum Gasteiger partial charge on any atom is -0.493 e. The zero-order valence-electron chi connectivity index (χ0n) is 15.8. The van der Waals surface area contributed by atoms with Gasteiger partial charge in [-0.1, -0.05) is 24.6 Å². The Hall–Kier alpha value is -2.87. The number of carbonyl (C=O) groups excluding carboxylic acids is 1. The number of hydrogen-bond donors (Lipinski definition) is 1. The average Bonchev–Trinajstić information content (AvgIpc) is 3.00. The van der Waals surface area contributed by atoms with Crippen LogP contribution in [0.2, 0.25) is 5.02 Å². The van der Waals surface area contributed by atoms with E-state index in [1.807, 2.05) is 19.1 Å². The summed E-state index contributed by atoms with van der Waals surface area (Å²) < 4.78 is 8.40. The number of rotatable bonds is 8. The van der Waals surface area contributed by atoms with Crippen molar-refractivity contribution in [2.24, 2.45) is 0 Å². The Balaban J connectivity index is 1.51. The topological polar surface area (TPSA) is 90.5 Å². The number of nitrogens with zero attached hydrogens (tertiary/aromatic N) is 4. The molecule has 0 saturated heterocycles. The predicted octanol–water partition coefficient (Wildman–Crippen LogP) is 2.00. The molecule has 8 nitrogen and oxygen atoms in total. The lowest BCUT2D eigenvalue weighted by Crippen LogP contribution is -2.34. The summed E-state index contributed by atoms with van der Waals surface area (Å²) in [5, 5.41) is 7.64. The number of carbonyl (C=O) groups is 1. The molecule has 0 fully saturated rings. The van der Waals surface area contributed by atoms with E-state index in [1.165, 1.54) is 10.9 Å². The molecule has 2 heterocycles. The lowest BCUT2D eigenvalue weighted by molar-refractivity contribution is -0.121. The van der Waals surface area contributed by atoms with Crippen LogP contribution < -0.4 is 15.6 Å². The summed E-state index contributed by atoms with van der Waals surface area (Å²) in [6, 6.07) is 7.14. The molecule has 0 aliphatic carbocycles. The van der Waals surface area contributed by atoms with Gasteiger partial charge in [-0.15, -0.1) is 0 Å². The molecule has 0 radical (unpaired) electrons. The third kappa shape index (κ3) is 4.51. The molecule has 0 unspecified atom stereocenters. The molecule has 3 aromatic rings. The van der Waals surface area contributed by atoms with E-state index in [1.54, 1.807) is 23.6 Å². The smallest absolute Gasteiger partial charge is 0.280 e. The maximum Gasteiger partial charge on any atom is 0.280 e. The number of halogens is 1. The molecule has 1 N–H and O–H groups in total. The van der Waals surface area contributed by atoms with E-state index in [0.717, 1.165) is 5.82 Å². The molecule has 28 heavy (non-hydrogen) atoms. The lowest BCUT2D eigenvalue weighted by atomic mass is 10.3. The maximum atomic E-state index is 12.6. The lowest BCUT2D eigenvalue weighted by Gasteiger charge is -2.09. The summed E-state index contributed by atoms with van der Waals surface area (Å²) in [6.45, 7) is 4.51. The maximum absolute atomic E-state index is 12.6. The van der Waals surface area contributed by atoms with Gasteiger partial charge in [0.2, 0.25) is 5.91 Å². The first-order valence-electron chi connectivity index (χ1n) is 9.08. The van der Waals surface area contributed by atoms with Gasteiger partial charge in [0, 0.05) is 18.0 Å². The summed E-state index contributed by atoms with van der Waals surface area (Å²) in [5.41, 5.74) is 0.739. The highest BCUT2D eigenvalue weighted by Gasteiger charge is 2.14. The van der Waals surface area contributed by atoms with E-state index >= 15 is 0 Å². The van der Waals surface area contributed by atoms with E-state index in [4.69, 9.17) is 16.3 Å². The number of fused-ring (bicyclic) bond motifs is 1. The highest BCUT2D eigenvalue weighted by atomic mass is 35.5. The van der Waals surface area contributed by atoms with E-state index in [0.29, 0.717) is 48.0 Å². The number of amides is 1. The van der Waals surface area contributed by atoms with Crippen molar-refractivity contribution in [3.05, 3.63) is 57.5 Å². The van der Waals surface area contributed by atoms with Gasteiger partial charge in [0.05, 0.1) is 12.3 Å². The van der Waals surface area contributed by atoms with E-state index in [9.17, 15) is 9.59 Å². The largest absolute Gasteiger partial charge is 0.493 e. The molecule has 1 aromatic carbocycles. The number of benzene rings is 1. The first-order valence-corrected chi connectivity index (χ1v) is 9.46. The summed E-state index contributed by atoms with van der Waals surface area (Å²) >= 11 is 5.90. The van der Waals surface area contributed by atoms with Crippen LogP contribution in [0.15, 0.2) is 35.4 Å². The zero-order valence-corrected chi connectivity index (χ0v) is 16.6. The fourth-order valence-electron chi connectivity index (χ4n) is 2.85. The van der Waals surface area contributed by atoms with E-state index < -0.39 is 0 Å². The Labute approximate surface area is 167 Å². The SMILES string of the molecule is CCc1nc(C)c2c(=O)n(CC(=O)NCCCOc3cccc(Cl)c3)cnn12. The van der Waals surface area contributed by atoms with Crippen molar-refractivity contribution >= 4 is 23.0 Å². The van der Waals surface area contributed by atoms with Crippen LogP contribution in [-0.4, -0.2) is 38.2 Å². The van der Waals surface area contributed by atoms with Crippen molar-refractivity contribution < 1.29 is 9.53 Å². The third-order valence-corrected chi connectivity index (χ3v) is 4.44.